The van der Waals surface area contributed by atoms with Gasteiger partial charge in [-0.3, -0.25) is 4.79 Å². The summed E-state index contributed by atoms with van der Waals surface area (Å²) in [5.74, 6) is -0.809. The van der Waals surface area contributed by atoms with Crippen molar-refractivity contribution >= 4 is 23.4 Å². The lowest BCUT2D eigenvalue weighted by atomic mass is 10.3. The van der Waals surface area contributed by atoms with Crippen LogP contribution < -0.4 is 5.32 Å². The molecule has 0 saturated heterocycles. The highest BCUT2D eigenvalue weighted by molar-refractivity contribution is 8.00. The van der Waals surface area contributed by atoms with Crippen molar-refractivity contribution in [3.63, 3.8) is 0 Å². The SMILES string of the molecule is C=CCn1c(SC(C)C(=O)Nc2c(F)cccc2F)nnc1C1CC1. The maximum absolute atomic E-state index is 13.7. The van der Waals surface area contributed by atoms with Gasteiger partial charge in [-0.05, 0) is 31.9 Å². The van der Waals surface area contributed by atoms with Crippen molar-refractivity contribution in [2.24, 2.45) is 0 Å². The van der Waals surface area contributed by atoms with E-state index in [1.807, 2.05) is 4.57 Å². The van der Waals surface area contributed by atoms with Crippen molar-refractivity contribution < 1.29 is 13.6 Å². The van der Waals surface area contributed by atoms with Crippen molar-refractivity contribution in [2.45, 2.75) is 42.6 Å². The number of nitrogens with one attached hydrogen (secondary N) is 1. The van der Waals surface area contributed by atoms with Crippen LogP contribution in [0.4, 0.5) is 14.5 Å². The molecule has 0 radical (unpaired) electrons. The molecule has 1 aromatic carbocycles. The van der Waals surface area contributed by atoms with Crippen molar-refractivity contribution in [1.82, 2.24) is 14.8 Å². The summed E-state index contributed by atoms with van der Waals surface area (Å²) in [6.07, 6.45) is 3.92. The predicted octanol–water partition coefficient (Wildman–Crippen LogP) is 3.74. The third-order valence-corrected chi connectivity index (χ3v) is 4.94. The summed E-state index contributed by atoms with van der Waals surface area (Å²) in [6, 6.07) is 3.44. The zero-order valence-corrected chi connectivity index (χ0v) is 14.5. The highest BCUT2D eigenvalue weighted by Gasteiger charge is 2.31. The Hall–Kier alpha value is -2.22. The molecule has 1 unspecified atom stereocenters. The number of rotatable bonds is 7. The number of carbonyl (C=O) groups excluding carboxylic acids is 1. The van der Waals surface area contributed by atoms with Gasteiger partial charge in [0.05, 0.1) is 5.25 Å². The zero-order chi connectivity index (χ0) is 18.0. The van der Waals surface area contributed by atoms with Crippen LogP contribution in [0, 0.1) is 11.6 Å². The summed E-state index contributed by atoms with van der Waals surface area (Å²) in [5.41, 5.74) is -0.439. The smallest absolute Gasteiger partial charge is 0.237 e. The number of benzene rings is 1. The summed E-state index contributed by atoms with van der Waals surface area (Å²) >= 11 is 1.20. The van der Waals surface area contributed by atoms with Crippen LogP contribution in [-0.2, 0) is 11.3 Å². The third kappa shape index (κ3) is 3.89. The number of allylic oxidation sites excluding steroid dienone is 1. The molecule has 1 heterocycles. The Balaban J connectivity index is 1.72. The van der Waals surface area contributed by atoms with Crippen LogP contribution >= 0.6 is 11.8 Å². The van der Waals surface area contributed by atoms with E-state index in [2.05, 4.69) is 22.1 Å². The van der Waals surface area contributed by atoms with Gasteiger partial charge in [-0.2, -0.15) is 0 Å². The number of nitrogens with zero attached hydrogens (tertiary/aromatic N) is 3. The normalized spacial score (nSPS) is 15.0. The predicted molar refractivity (Wildman–Crippen MR) is 92.5 cm³/mol. The lowest BCUT2D eigenvalue weighted by Crippen LogP contribution is -2.24. The Labute approximate surface area is 148 Å². The average Bonchev–Trinajstić information content (AvgIpc) is 3.35. The summed E-state index contributed by atoms with van der Waals surface area (Å²) in [4.78, 5) is 12.3. The van der Waals surface area contributed by atoms with Crippen LogP contribution in [0.3, 0.4) is 0 Å². The fraction of sp³-hybridized carbons (Fsp3) is 0.353. The first-order chi connectivity index (χ1) is 12.0. The lowest BCUT2D eigenvalue weighted by Gasteiger charge is -2.13. The van der Waals surface area contributed by atoms with E-state index in [-0.39, 0.29) is 0 Å². The van der Waals surface area contributed by atoms with Crippen LogP contribution in [0.2, 0.25) is 0 Å². The van der Waals surface area contributed by atoms with Gasteiger partial charge in [-0.1, -0.05) is 23.9 Å². The van der Waals surface area contributed by atoms with Gasteiger partial charge in [0, 0.05) is 12.5 Å². The number of hydrogen-bond donors (Lipinski definition) is 1. The molecule has 1 aliphatic rings. The Kier molecular flexibility index (Phi) is 5.17. The van der Waals surface area contributed by atoms with E-state index in [0.717, 1.165) is 30.8 Å². The lowest BCUT2D eigenvalue weighted by molar-refractivity contribution is -0.115. The van der Waals surface area contributed by atoms with Crippen molar-refractivity contribution in [2.75, 3.05) is 5.32 Å². The number of para-hydroxylation sites is 1. The molecule has 1 aliphatic carbocycles. The standard InChI is InChI=1S/C17H18F2N4OS/c1-3-9-23-15(11-7-8-11)21-22-17(23)25-10(2)16(24)20-14-12(18)5-4-6-13(14)19/h3-6,10-11H,1,7-9H2,2H3,(H,20,24). The van der Waals surface area contributed by atoms with Gasteiger partial charge in [0.15, 0.2) is 5.16 Å². The minimum Gasteiger partial charge on any atom is -0.320 e. The number of amides is 1. The van der Waals surface area contributed by atoms with Crippen LogP contribution in [0.15, 0.2) is 36.0 Å². The highest BCUT2D eigenvalue weighted by Crippen LogP contribution is 2.40. The number of hydrogen-bond acceptors (Lipinski definition) is 4. The maximum atomic E-state index is 13.7. The topological polar surface area (TPSA) is 59.8 Å². The fourth-order valence-corrected chi connectivity index (χ4v) is 3.25. The summed E-state index contributed by atoms with van der Waals surface area (Å²) in [5, 5.41) is 10.7. The number of halogens is 2. The molecule has 0 spiro atoms. The van der Waals surface area contributed by atoms with E-state index >= 15 is 0 Å². The van der Waals surface area contributed by atoms with E-state index in [0.29, 0.717) is 17.6 Å². The number of carbonyl (C=O) groups is 1. The monoisotopic (exact) mass is 364 g/mol. The molecule has 3 rings (SSSR count). The molecule has 1 N–H and O–H groups in total. The van der Waals surface area contributed by atoms with E-state index in [4.69, 9.17) is 0 Å². The first kappa shape index (κ1) is 17.6. The average molecular weight is 364 g/mol. The second-order valence-electron chi connectivity index (χ2n) is 5.86. The Morgan fingerprint density at radius 2 is 2.12 bits per heavy atom. The molecular weight excluding hydrogens is 346 g/mol. The van der Waals surface area contributed by atoms with Crippen LogP contribution in [0.1, 0.15) is 31.5 Å². The molecule has 25 heavy (non-hydrogen) atoms. The number of anilines is 1. The van der Waals surface area contributed by atoms with E-state index in [1.165, 1.54) is 17.8 Å². The van der Waals surface area contributed by atoms with Crippen molar-refractivity contribution in [3.8, 4) is 0 Å². The molecule has 8 heteroatoms. The number of aromatic nitrogens is 3. The molecule has 5 nitrogen and oxygen atoms in total. The Morgan fingerprint density at radius 1 is 1.44 bits per heavy atom. The van der Waals surface area contributed by atoms with E-state index < -0.39 is 28.5 Å². The van der Waals surface area contributed by atoms with Gasteiger partial charge in [0.25, 0.3) is 0 Å². The zero-order valence-electron chi connectivity index (χ0n) is 13.7. The summed E-state index contributed by atoms with van der Waals surface area (Å²) in [6.45, 7) is 5.95. The van der Waals surface area contributed by atoms with Gasteiger partial charge in [-0.25, -0.2) is 8.78 Å². The van der Waals surface area contributed by atoms with Gasteiger partial charge in [0.2, 0.25) is 5.91 Å². The second kappa shape index (κ2) is 7.35. The molecule has 132 valence electrons. The molecule has 1 aromatic heterocycles. The van der Waals surface area contributed by atoms with Gasteiger partial charge in [-0.15, -0.1) is 16.8 Å². The van der Waals surface area contributed by atoms with Gasteiger partial charge < -0.3 is 9.88 Å². The largest absolute Gasteiger partial charge is 0.320 e. The minimum atomic E-state index is -0.809. The second-order valence-corrected chi connectivity index (χ2v) is 7.17. The highest BCUT2D eigenvalue weighted by atomic mass is 32.2. The van der Waals surface area contributed by atoms with Crippen molar-refractivity contribution in [3.05, 3.63) is 48.3 Å². The van der Waals surface area contributed by atoms with E-state index in [9.17, 15) is 13.6 Å². The molecule has 1 saturated carbocycles. The first-order valence-electron chi connectivity index (χ1n) is 7.96. The summed E-state index contributed by atoms with van der Waals surface area (Å²) < 4.78 is 29.3. The van der Waals surface area contributed by atoms with Crippen LogP contribution in [0.25, 0.3) is 0 Å². The third-order valence-electron chi connectivity index (χ3n) is 3.86. The van der Waals surface area contributed by atoms with Crippen LogP contribution in [0.5, 0.6) is 0 Å². The molecule has 2 aromatic rings. The molecular formula is C17H18F2N4OS. The quantitative estimate of drug-likeness (QED) is 0.601. The first-order valence-corrected chi connectivity index (χ1v) is 8.84. The molecule has 0 aliphatic heterocycles. The summed E-state index contributed by atoms with van der Waals surface area (Å²) in [7, 11) is 0. The van der Waals surface area contributed by atoms with Crippen molar-refractivity contribution in [1.29, 1.82) is 0 Å². The fourth-order valence-electron chi connectivity index (χ4n) is 2.39. The number of thioether (sulfide) groups is 1. The van der Waals surface area contributed by atoms with Crippen LogP contribution in [-0.4, -0.2) is 25.9 Å². The molecule has 0 bridgehead atoms. The Morgan fingerprint density at radius 3 is 2.72 bits per heavy atom. The van der Waals surface area contributed by atoms with Gasteiger partial charge >= 0.3 is 0 Å². The minimum absolute atomic E-state index is 0.415. The Bertz CT molecular complexity index is 784. The van der Waals surface area contributed by atoms with E-state index in [1.54, 1.807) is 13.0 Å². The molecule has 1 fully saturated rings. The molecule has 1 atom stereocenters. The maximum Gasteiger partial charge on any atom is 0.237 e. The molecule has 1 amide bonds. The van der Waals surface area contributed by atoms with Gasteiger partial charge in [0.1, 0.15) is 23.1 Å².